The summed E-state index contributed by atoms with van der Waals surface area (Å²) < 4.78 is 5.81. The molecule has 1 N–H and O–H groups in total. The third kappa shape index (κ3) is 3.11. The fourth-order valence-electron chi connectivity index (χ4n) is 2.52. The van der Waals surface area contributed by atoms with Crippen LogP contribution in [0.4, 0.5) is 5.69 Å². The Morgan fingerprint density at radius 1 is 1.00 bits per heavy atom. The molecule has 0 bridgehead atoms. The first-order valence-corrected chi connectivity index (χ1v) is 7.12. The van der Waals surface area contributed by atoms with Gasteiger partial charge >= 0.3 is 0 Å². The average Bonchev–Trinajstić information content (AvgIpc) is 2.49. The molecule has 0 saturated carbocycles. The van der Waals surface area contributed by atoms with Crippen LogP contribution in [0.5, 0.6) is 11.5 Å². The van der Waals surface area contributed by atoms with Gasteiger partial charge in [0.25, 0.3) is 0 Å². The van der Waals surface area contributed by atoms with Crippen LogP contribution in [0.1, 0.15) is 6.92 Å². The van der Waals surface area contributed by atoms with E-state index < -0.39 is 0 Å². The SMILES string of the molecule is CC1CN(c2ccc(Oc3ccccc3)cc2)CCN1. The van der Waals surface area contributed by atoms with E-state index in [-0.39, 0.29) is 0 Å². The largest absolute Gasteiger partial charge is 0.457 e. The number of ether oxygens (including phenoxy) is 1. The zero-order valence-electron chi connectivity index (χ0n) is 11.8. The van der Waals surface area contributed by atoms with Crippen molar-refractivity contribution in [2.75, 3.05) is 24.5 Å². The molecule has 2 aromatic rings. The number of nitrogens with zero attached hydrogens (tertiary/aromatic N) is 1. The third-order valence-electron chi connectivity index (χ3n) is 3.55. The van der Waals surface area contributed by atoms with Gasteiger partial charge < -0.3 is 15.0 Å². The third-order valence-corrected chi connectivity index (χ3v) is 3.55. The topological polar surface area (TPSA) is 24.5 Å². The minimum absolute atomic E-state index is 0.545. The first-order chi connectivity index (χ1) is 9.81. The van der Waals surface area contributed by atoms with E-state index >= 15 is 0 Å². The van der Waals surface area contributed by atoms with Crippen molar-refractivity contribution in [3.05, 3.63) is 54.6 Å². The molecule has 0 aromatic heterocycles. The Hall–Kier alpha value is -2.00. The Labute approximate surface area is 120 Å². The molecule has 3 nitrogen and oxygen atoms in total. The van der Waals surface area contributed by atoms with Gasteiger partial charge in [-0.2, -0.15) is 0 Å². The van der Waals surface area contributed by atoms with E-state index in [2.05, 4.69) is 29.3 Å². The predicted octanol–water partition coefficient (Wildman–Crippen LogP) is 3.28. The molecule has 1 aliphatic rings. The Morgan fingerprint density at radius 2 is 1.70 bits per heavy atom. The molecule has 3 heteroatoms. The molecular formula is C17H20N2O. The fourth-order valence-corrected chi connectivity index (χ4v) is 2.52. The highest BCUT2D eigenvalue weighted by Crippen LogP contribution is 2.24. The average molecular weight is 268 g/mol. The normalized spacial score (nSPS) is 18.9. The lowest BCUT2D eigenvalue weighted by atomic mass is 10.2. The van der Waals surface area contributed by atoms with Gasteiger partial charge in [0, 0.05) is 31.4 Å². The quantitative estimate of drug-likeness (QED) is 0.924. The van der Waals surface area contributed by atoms with Gasteiger partial charge in [0.1, 0.15) is 11.5 Å². The van der Waals surface area contributed by atoms with E-state index in [4.69, 9.17) is 4.74 Å². The first kappa shape index (κ1) is 13.0. The second-order valence-corrected chi connectivity index (χ2v) is 5.21. The number of para-hydroxylation sites is 1. The minimum atomic E-state index is 0.545. The Bertz CT molecular complexity index is 539. The molecule has 1 saturated heterocycles. The molecule has 1 atom stereocenters. The lowest BCUT2D eigenvalue weighted by Crippen LogP contribution is -2.49. The van der Waals surface area contributed by atoms with Crippen LogP contribution in [0.2, 0.25) is 0 Å². The van der Waals surface area contributed by atoms with Gasteiger partial charge in [0.15, 0.2) is 0 Å². The highest BCUT2D eigenvalue weighted by Gasteiger charge is 2.15. The van der Waals surface area contributed by atoms with Crippen molar-refractivity contribution in [3.8, 4) is 11.5 Å². The molecule has 0 amide bonds. The Balaban J connectivity index is 1.68. The van der Waals surface area contributed by atoms with Crippen LogP contribution in [0.25, 0.3) is 0 Å². The zero-order valence-corrected chi connectivity index (χ0v) is 11.8. The van der Waals surface area contributed by atoms with Crippen LogP contribution in [-0.4, -0.2) is 25.7 Å². The maximum Gasteiger partial charge on any atom is 0.127 e. The summed E-state index contributed by atoms with van der Waals surface area (Å²) in [5, 5.41) is 3.46. The van der Waals surface area contributed by atoms with E-state index in [9.17, 15) is 0 Å². The summed E-state index contributed by atoms with van der Waals surface area (Å²) in [6.45, 7) is 5.38. The molecule has 3 rings (SSSR count). The summed E-state index contributed by atoms with van der Waals surface area (Å²) in [4.78, 5) is 2.41. The van der Waals surface area contributed by atoms with Crippen LogP contribution in [0.3, 0.4) is 0 Å². The molecule has 1 unspecified atom stereocenters. The van der Waals surface area contributed by atoms with Gasteiger partial charge in [0.05, 0.1) is 0 Å². The lowest BCUT2D eigenvalue weighted by molar-refractivity contribution is 0.479. The number of hydrogen-bond acceptors (Lipinski definition) is 3. The smallest absolute Gasteiger partial charge is 0.127 e. The molecule has 0 radical (unpaired) electrons. The summed E-state index contributed by atoms with van der Waals surface area (Å²) in [7, 11) is 0. The van der Waals surface area contributed by atoms with Crippen LogP contribution in [0.15, 0.2) is 54.6 Å². The standard InChI is InChI=1S/C17H20N2O/c1-14-13-19(12-11-18-14)15-7-9-17(10-8-15)20-16-5-3-2-4-6-16/h2-10,14,18H,11-13H2,1H3. The van der Waals surface area contributed by atoms with Crippen molar-refractivity contribution < 1.29 is 4.74 Å². The van der Waals surface area contributed by atoms with E-state index in [1.807, 2.05) is 42.5 Å². The molecule has 1 heterocycles. The maximum absolute atomic E-state index is 5.81. The van der Waals surface area contributed by atoms with Crippen molar-refractivity contribution in [3.63, 3.8) is 0 Å². The van der Waals surface area contributed by atoms with Crippen LogP contribution in [-0.2, 0) is 0 Å². The molecule has 2 aromatic carbocycles. The summed E-state index contributed by atoms with van der Waals surface area (Å²) in [5.41, 5.74) is 1.26. The fraction of sp³-hybridized carbons (Fsp3) is 0.294. The van der Waals surface area contributed by atoms with Gasteiger partial charge in [-0.1, -0.05) is 18.2 Å². The van der Waals surface area contributed by atoms with Crippen molar-refractivity contribution in [2.24, 2.45) is 0 Å². The molecule has 104 valence electrons. The molecule has 0 aliphatic carbocycles. The lowest BCUT2D eigenvalue weighted by Gasteiger charge is -2.33. The van der Waals surface area contributed by atoms with Crippen molar-refractivity contribution in [1.82, 2.24) is 5.32 Å². The van der Waals surface area contributed by atoms with Gasteiger partial charge in [-0.25, -0.2) is 0 Å². The number of piperazine rings is 1. The summed E-state index contributed by atoms with van der Waals surface area (Å²) in [6, 6.07) is 18.8. The summed E-state index contributed by atoms with van der Waals surface area (Å²) in [6.07, 6.45) is 0. The highest BCUT2D eigenvalue weighted by atomic mass is 16.5. The van der Waals surface area contributed by atoms with Crippen LogP contribution >= 0.6 is 0 Å². The van der Waals surface area contributed by atoms with Crippen molar-refractivity contribution >= 4 is 5.69 Å². The monoisotopic (exact) mass is 268 g/mol. The minimum Gasteiger partial charge on any atom is -0.457 e. The van der Waals surface area contributed by atoms with E-state index in [0.717, 1.165) is 31.1 Å². The second-order valence-electron chi connectivity index (χ2n) is 5.21. The number of benzene rings is 2. The van der Waals surface area contributed by atoms with Gasteiger partial charge in [-0.05, 0) is 43.3 Å². The maximum atomic E-state index is 5.81. The predicted molar refractivity (Wildman–Crippen MR) is 82.6 cm³/mol. The van der Waals surface area contributed by atoms with Crippen LogP contribution < -0.4 is 15.0 Å². The second kappa shape index (κ2) is 5.97. The summed E-state index contributed by atoms with van der Waals surface area (Å²) >= 11 is 0. The summed E-state index contributed by atoms with van der Waals surface area (Å²) in [5.74, 6) is 1.75. The number of rotatable bonds is 3. The molecule has 0 spiro atoms. The van der Waals surface area contributed by atoms with Crippen molar-refractivity contribution in [1.29, 1.82) is 0 Å². The van der Waals surface area contributed by atoms with Crippen molar-refractivity contribution in [2.45, 2.75) is 13.0 Å². The van der Waals surface area contributed by atoms with E-state index in [0.29, 0.717) is 6.04 Å². The Kier molecular flexibility index (Phi) is 3.88. The van der Waals surface area contributed by atoms with Gasteiger partial charge in [-0.15, -0.1) is 0 Å². The van der Waals surface area contributed by atoms with Crippen LogP contribution in [0, 0.1) is 0 Å². The van der Waals surface area contributed by atoms with Gasteiger partial charge in [0.2, 0.25) is 0 Å². The molecular weight excluding hydrogens is 248 g/mol. The molecule has 20 heavy (non-hydrogen) atoms. The molecule has 1 aliphatic heterocycles. The number of nitrogens with one attached hydrogen (secondary N) is 1. The highest BCUT2D eigenvalue weighted by molar-refractivity contribution is 5.50. The molecule has 1 fully saturated rings. The van der Waals surface area contributed by atoms with E-state index in [1.165, 1.54) is 5.69 Å². The van der Waals surface area contributed by atoms with Gasteiger partial charge in [-0.3, -0.25) is 0 Å². The zero-order chi connectivity index (χ0) is 13.8. The van der Waals surface area contributed by atoms with E-state index in [1.54, 1.807) is 0 Å². The Morgan fingerprint density at radius 3 is 2.40 bits per heavy atom. The first-order valence-electron chi connectivity index (χ1n) is 7.12. The number of hydrogen-bond donors (Lipinski definition) is 1. The number of anilines is 1.